The van der Waals surface area contributed by atoms with Gasteiger partial charge in [0.25, 0.3) is 0 Å². The molecule has 1 aromatic carbocycles. The number of amides is 1. The summed E-state index contributed by atoms with van der Waals surface area (Å²) in [6.07, 6.45) is 3.52. The SMILES string of the molecule is CCC1C[C@@H](c2ncc(-c3ccc(Br)cc3)[nH]2)N(C(=O)OC(C)(C)C)C1. The number of hydrogen-bond donors (Lipinski definition) is 1. The quantitative estimate of drug-likeness (QED) is 0.709. The minimum Gasteiger partial charge on any atom is -0.444 e. The molecule has 0 bridgehead atoms. The Labute approximate surface area is 163 Å². The number of carbonyl (C=O) groups excluding carboxylic acids is 1. The fourth-order valence-electron chi connectivity index (χ4n) is 3.28. The highest BCUT2D eigenvalue weighted by molar-refractivity contribution is 9.10. The molecule has 1 unspecified atom stereocenters. The predicted molar refractivity (Wildman–Crippen MR) is 106 cm³/mol. The van der Waals surface area contributed by atoms with Gasteiger partial charge in [0.15, 0.2) is 0 Å². The molecule has 0 radical (unpaired) electrons. The van der Waals surface area contributed by atoms with E-state index in [1.807, 2.05) is 56.1 Å². The van der Waals surface area contributed by atoms with Crippen LogP contribution in [-0.2, 0) is 4.74 Å². The zero-order valence-corrected chi connectivity index (χ0v) is 17.3. The number of aromatic nitrogens is 2. The molecular weight excluding hydrogens is 394 g/mol. The van der Waals surface area contributed by atoms with Gasteiger partial charge in [0.2, 0.25) is 0 Å². The number of nitrogens with one attached hydrogen (secondary N) is 1. The molecular formula is C20H26BrN3O2. The van der Waals surface area contributed by atoms with Gasteiger partial charge in [0, 0.05) is 11.0 Å². The van der Waals surface area contributed by atoms with Gasteiger partial charge < -0.3 is 9.72 Å². The summed E-state index contributed by atoms with van der Waals surface area (Å²) in [5.41, 5.74) is 1.52. The molecule has 1 N–H and O–H groups in total. The number of imidazole rings is 1. The highest BCUT2D eigenvalue weighted by atomic mass is 79.9. The van der Waals surface area contributed by atoms with Crippen molar-refractivity contribution in [3.8, 4) is 11.3 Å². The van der Waals surface area contributed by atoms with E-state index in [4.69, 9.17) is 4.74 Å². The van der Waals surface area contributed by atoms with E-state index in [2.05, 4.69) is 32.8 Å². The molecule has 3 rings (SSSR count). The van der Waals surface area contributed by atoms with Gasteiger partial charge in [0.05, 0.1) is 17.9 Å². The third-order valence-corrected chi connectivity index (χ3v) is 5.19. The molecule has 2 atom stereocenters. The standard InChI is InChI=1S/C20H26BrN3O2/c1-5-13-10-17(24(12-13)19(25)26-20(2,3)4)18-22-11-16(23-18)14-6-8-15(21)9-7-14/h6-9,11,13,17H,5,10,12H2,1-4H3,(H,22,23)/t13?,17-/m0/s1. The molecule has 1 amide bonds. The lowest BCUT2D eigenvalue weighted by Crippen LogP contribution is -2.37. The number of likely N-dealkylation sites (tertiary alicyclic amines) is 1. The Kier molecular flexibility index (Phi) is 5.42. The first-order valence-corrected chi connectivity index (χ1v) is 9.86. The lowest BCUT2D eigenvalue weighted by atomic mass is 10.0. The van der Waals surface area contributed by atoms with Crippen molar-refractivity contribution in [2.45, 2.75) is 52.2 Å². The Morgan fingerprint density at radius 2 is 2.04 bits per heavy atom. The molecule has 1 saturated heterocycles. The molecule has 1 aliphatic heterocycles. The zero-order valence-electron chi connectivity index (χ0n) is 15.8. The van der Waals surface area contributed by atoms with Crippen molar-refractivity contribution in [1.82, 2.24) is 14.9 Å². The van der Waals surface area contributed by atoms with Crippen LogP contribution >= 0.6 is 15.9 Å². The van der Waals surface area contributed by atoms with Gasteiger partial charge in [-0.1, -0.05) is 41.4 Å². The van der Waals surface area contributed by atoms with Crippen LogP contribution in [0.4, 0.5) is 4.79 Å². The van der Waals surface area contributed by atoms with Gasteiger partial charge in [-0.3, -0.25) is 4.90 Å². The Balaban J connectivity index is 1.83. The number of carbonyl (C=O) groups is 1. The van der Waals surface area contributed by atoms with Crippen LogP contribution in [0.2, 0.25) is 0 Å². The van der Waals surface area contributed by atoms with Crippen LogP contribution in [0, 0.1) is 5.92 Å². The van der Waals surface area contributed by atoms with Gasteiger partial charge in [-0.15, -0.1) is 0 Å². The molecule has 1 aliphatic rings. The molecule has 1 aromatic heterocycles. The van der Waals surface area contributed by atoms with Crippen molar-refractivity contribution in [3.63, 3.8) is 0 Å². The van der Waals surface area contributed by atoms with Crippen molar-refractivity contribution in [3.05, 3.63) is 40.8 Å². The number of aromatic amines is 1. The average Bonchev–Trinajstić information content (AvgIpc) is 3.20. The van der Waals surface area contributed by atoms with Crippen LogP contribution in [0.15, 0.2) is 34.9 Å². The summed E-state index contributed by atoms with van der Waals surface area (Å²) in [4.78, 5) is 22.5. The van der Waals surface area contributed by atoms with Gasteiger partial charge in [-0.2, -0.15) is 0 Å². The van der Waals surface area contributed by atoms with E-state index in [9.17, 15) is 4.79 Å². The van der Waals surface area contributed by atoms with Gasteiger partial charge >= 0.3 is 6.09 Å². The van der Waals surface area contributed by atoms with Crippen molar-refractivity contribution in [2.75, 3.05) is 6.54 Å². The van der Waals surface area contributed by atoms with Gasteiger partial charge in [-0.25, -0.2) is 9.78 Å². The molecule has 140 valence electrons. The van der Waals surface area contributed by atoms with E-state index >= 15 is 0 Å². The molecule has 5 nitrogen and oxygen atoms in total. The molecule has 0 saturated carbocycles. The predicted octanol–water partition coefficient (Wildman–Crippen LogP) is 5.55. The lowest BCUT2D eigenvalue weighted by Gasteiger charge is -2.27. The summed E-state index contributed by atoms with van der Waals surface area (Å²) in [7, 11) is 0. The van der Waals surface area contributed by atoms with Crippen molar-refractivity contribution in [1.29, 1.82) is 0 Å². The summed E-state index contributed by atoms with van der Waals surface area (Å²) in [5.74, 6) is 1.29. The van der Waals surface area contributed by atoms with E-state index in [1.165, 1.54) is 0 Å². The van der Waals surface area contributed by atoms with Crippen molar-refractivity contribution < 1.29 is 9.53 Å². The van der Waals surface area contributed by atoms with E-state index < -0.39 is 5.60 Å². The van der Waals surface area contributed by atoms with Crippen molar-refractivity contribution >= 4 is 22.0 Å². The number of H-pyrrole nitrogens is 1. The van der Waals surface area contributed by atoms with E-state index in [0.29, 0.717) is 12.5 Å². The number of nitrogens with zero attached hydrogens (tertiary/aromatic N) is 2. The monoisotopic (exact) mass is 419 g/mol. The Bertz CT molecular complexity index is 764. The van der Waals surface area contributed by atoms with E-state index in [1.54, 1.807) is 0 Å². The molecule has 1 fully saturated rings. The minimum atomic E-state index is -0.502. The van der Waals surface area contributed by atoms with Crippen molar-refractivity contribution in [2.24, 2.45) is 5.92 Å². The minimum absolute atomic E-state index is 0.0704. The Morgan fingerprint density at radius 1 is 1.35 bits per heavy atom. The van der Waals surface area contributed by atoms with Crippen LogP contribution in [0.5, 0.6) is 0 Å². The zero-order chi connectivity index (χ0) is 18.9. The topological polar surface area (TPSA) is 58.2 Å². The molecule has 2 aromatic rings. The number of benzene rings is 1. The van der Waals surface area contributed by atoms with Crippen LogP contribution in [0.3, 0.4) is 0 Å². The third-order valence-electron chi connectivity index (χ3n) is 4.66. The van der Waals surface area contributed by atoms with Gasteiger partial charge in [0.1, 0.15) is 11.4 Å². The summed E-state index contributed by atoms with van der Waals surface area (Å²) in [6, 6.07) is 8.02. The smallest absolute Gasteiger partial charge is 0.410 e. The summed E-state index contributed by atoms with van der Waals surface area (Å²) in [5, 5.41) is 0. The Hall–Kier alpha value is -1.82. The van der Waals surface area contributed by atoms with Gasteiger partial charge in [-0.05, 0) is 50.8 Å². The highest BCUT2D eigenvalue weighted by Gasteiger charge is 2.39. The fourth-order valence-corrected chi connectivity index (χ4v) is 3.55. The third kappa shape index (κ3) is 4.29. The fraction of sp³-hybridized carbons (Fsp3) is 0.500. The summed E-state index contributed by atoms with van der Waals surface area (Å²) in [6.45, 7) is 8.56. The number of halogens is 1. The first-order valence-electron chi connectivity index (χ1n) is 9.07. The first kappa shape index (κ1) is 19.0. The van der Waals surface area contributed by atoms with Crippen LogP contribution in [-0.4, -0.2) is 33.1 Å². The molecule has 2 heterocycles. The molecule has 26 heavy (non-hydrogen) atoms. The first-order chi connectivity index (χ1) is 12.3. The second kappa shape index (κ2) is 7.43. The normalized spacial score (nSPS) is 20.4. The Morgan fingerprint density at radius 3 is 2.65 bits per heavy atom. The van der Waals surface area contributed by atoms with Crippen LogP contribution in [0.25, 0.3) is 11.3 Å². The van der Waals surface area contributed by atoms with E-state index in [-0.39, 0.29) is 12.1 Å². The number of ether oxygens (including phenoxy) is 1. The van der Waals surface area contributed by atoms with Crippen LogP contribution in [0.1, 0.15) is 52.4 Å². The molecule has 6 heteroatoms. The second-order valence-corrected chi connectivity index (χ2v) is 8.76. The maximum atomic E-state index is 12.7. The number of rotatable bonds is 3. The maximum absolute atomic E-state index is 12.7. The average molecular weight is 420 g/mol. The lowest BCUT2D eigenvalue weighted by molar-refractivity contribution is 0.0214. The second-order valence-electron chi connectivity index (χ2n) is 7.85. The number of hydrogen-bond acceptors (Lipinski definition) is 3. The molecule has 0 aliphatic carbocycles. The molecule has 0 spiro atoms. The summed E-state index contributed by atoms with van der Waals surface area (Å²) >= 11 is 3.46. The van der Waals surface area contributed by atoms with Crippen LogP contribution < -0.4 is 0 Å². The van der Waals surface area contributed by atoms with E-state index in [0.717, 1.165) is 34.4 Å². The highest BCUT2D eigenvalue weighted by Crippen LogP contribution is 2.37. The largest absolute Gasteiger partial charge is 0.444 e. The summed E-state index contributed by atoms with van der Waals surface area (Å²) < 4.78 is 6.65. The maximum Gasteiger partial charge on any atom is 0.410 e.